The summed E-state index contributed by atoms with van der Waals surface area (Å²) in [6, 6.07) is 0. The molecule has 88 valence electrons. The second kappa shape index (κ2) is 5.58. The Hall–Kier alpha value is -0.450. The number of ketones is 1. The van der Waals surface area contributed by atoms with Crippen LogP contribution in [0.25, 0.3) is 0 Å². The summed E-state index contributed by atoms with van der Waals surface area (Å²) in [5.41, 5.74) is 5.32. The average molecular weight is 215 g/mol. The minimum absolute atomic E-state index is 0.0867. The van der Waals surface area contributed by atoms with Crippen LogP contribution in [0.4, 0.5) is 0 Å². The predicted molar refractivity (Wildman–Crippen MR) is 57.6 cm³/mol. The van der Waals surface area contributed by atoms with Gasteiger partial charge in [0.2, 0.25) is 0 Å². The van der Waals surface area contributed by atoms with E-state index in [1.165, 1.54) is 0 Å². The molecular formula is C11H21NO3. The maximum Gasteiger partial charge on any atom is 0.166 e. The first-order chi connectivity index (χ1) is 7.10. The SMILES string of the molecule is CC(C)OCC(=O)C1(CN)CCOCC1. The van der Waals surface area contributed by atoms with Gasteiger partial charge in [-0.05, 0) is 26.7 Å². The molecule has 1 aliphatic rings. The van der Waals surface area contributed by atoms with E-state index in [0.717, 1.165) is 12.8 Å². The van der Waals surface area contributed by atoms with Gasteiger partial charge in [-0.3, -0.25) is 4.79 Å². The molecule has 0 unspecified atom stereocenters. The number of carbonyl (C=O) groups is 1. The van der Waals surface area contributed by atoms with E-state index in [9.17, 15) is 4.79 Å². The average Bonchev–Trinajstić information content (AvgIpc) is 2.26. The van der Waals surface area contributed by atoms with E-state index in [1.54, 1.807) is 0 Å². The molecule has 0 bridgehead atoms. The minimum atomic E-state index is -0.396. The lowest BCUT2D eigenvalue weighted by Gasteiger charge is -2.34. The normalized spacial score (nSPS) is 20.5. The Morgan fingerprint density at radius 1 is 1.47 bits per heavy atom. The number of nitrogens with two attached hydrogens (primary N) is 1. The summed E-state index contributed by atoms with van der Waals surface area (Å²) in [6.45, 7) is 5.68. The quantitative estimate of drug-likeness (QED) is 0.734. The van der Waals surface area contributed by atoms with Crippen molar-refractivity contribution in [3.05, 3.63) is 0 Å². The van der Waals surface area contributed by atoms with Crippen molar-refractivity contribution in [3.63, 3.8) is 0 Å². The molecule has 1 heterocycles. The highest BCUT2D eigenvalue weighted by molar-refractivity contribution is 5.86. The van der Waals surface area contributed by atoms with Gasteiger partial charge >= 0.3 is 0 Å². The highest BCUT2D eigenvalue weighted by atomic mass is 16.5. The molecule has 1 fully saturated rings. The lowest BCUT2D eigenvalue weighted by molar-refractivity contribution is -0.139. The van der Waals surface area contributed by atoms with Crippen molar-refractivity contribution in [2.24, 2.45) is 11.1 Å². The molecule has 0 radical (unpaired) electrons. The van der Waals surface area contributed by atoms with Gasteiger partial charge in [0.25, 0.3) is 0 Å². The van der Waals surface area contributed by atoms with Crippen molar-refractivity contribution >= 4 is 5.78 Å². The molecule has 0 aromatic carbocycles. The topological polar surface area (TPSA) is 61.5 Å². The van der Waals surface area contributed by atoms with E-state index in [4.69, 9.17) is 15.2 Å². The Kier molecular flexibility index (Phi) is 4.70. The maximum absolute atomic E-state index is 12.0. The molecule has 0 atom stereocenters. The Balaban J connectivity index is 2.52. The van der Waals surface area contributed by atoms with Crippen molar-refractivity contribution in [1.82, 2.24) is 0 Å². The summed E-state index contributed by atoms with van der Waals surface area (Å²) in [5, 5.41) is 0. The number of hydrogen-bond donors (Lipinski definition) is 1. The van der Waals surface area contributed by atoms with Crippen LogP contribution in [0.2, 0.25) is 0 Å². The van der Waals surface area contributed by atoms with Crippen LogP contribution >= 0.6 is 0 Å². The van der Waals surface area contributed by atoms with Crippen LogP contribution in [0.3, 0.4) is 0 Å². The third-order valence-electron chi connectivity index (χ3n) is 2.98. The van der Waals surface area contributed by atoms with Crippen LogP contribution in [-0.4, -0.2) is 38.3 Å². The molecule has 1 rings (SSSR count). The van der Waals surface area contributed by atoms with Gasteiger partial charge in [0, 0.05) is 25.2 Å². The second-order valence-electron chi connectivity index (χ2n) is 4.38. The first kappa shape index (κ1) is 12.6. The molecule has 0 aliphatic carbocycles. The van der Waals surface area contributed by atoms with Crippen molar-refractivity contribution in [2.45, 2.75) is 32.8 Å². The fourth-order valence-electron chi connectivity index (χ4n) is 1.75. The summed E-state index contributed by atoms with van der Waals surface area (Å²) in [6.07, 6.45) is 1.54. The van der Waals surface area contributed by atoms with Gasteiger partial charge in [0.05, 0.1) is 6.10 Å². The lowest BCUT2D eigenvalue weighted by atomic mass is 9.76. The number of hydrogen-bond acceptors (Lipinski definition) is 4. The molecule has 2 N–H and O–H groups in total. The molecule has 0 spiro atoms. The fraction of sp³-hybridized carbons (Fsp3) is 0.909. The molecular weight excluding hydrogens is 194 g/mol. The van der Waals surface area contributed by atoms with Gasteiger partial charge in [-0.15, -0.1) is 0 Å². The molecule has 1 aliphatic heterocycles. The van der Waals surface area contributed by atoms with Crippen LogP contribution in [0.1, 0.15) is 26.7 Å². The van der Waals surface area contributed by atoms with Gasteiger partial charge < -0.3 is 15.2 Å². The van der Waals surface area contributed by atoms with Crippen molar-refractivity contribution in [3.8, 4) is 0 Å². The van der Waals surface area contributed by atoms with Crippen LogP contribution in [0.15, 0.2) is 0 Å². The Morgan fingerprint density at radius 3 is 2.53 bits per heavy atom. The fourth-order valence-corrected chi connectivity index (χ4v) is 1.75. The first-order valence-corrected chi connectivity index (χ1v) is 5.53. The highest BCUT2D eigenvalue weighted by Crippen LogP contribution is 2.30. The zero-order valence-electron chi connectivity index (χ0n) is 9.62. The van der Waals surface area contributed by atoms with E-state index in [0.29, 0.717) is 19.8 Å². The predicted octanol–water partition coefficient (Wildman–Crippen LogP) is 0.736. The standard InChI is InChI=1S/C11H21NO3/c1-9(2)15-7-10(13)11(8-12)3-5-14-6-4-11/h9H,3-8,12H2,1-2H3. The van der Waals surface area contributed by atoms with Crippen LogP contribution < -0.4 is 5.73 Å². The van der Waals surface area contributed by atoms with E-state index in [2.05, 4.69) is 0 Å². The Bertz CT molecular complexity index is 210. The van der Waals surface area contributed by atoms with Gasteiger partial charge in [-0.1, -0.05) is 0 Å². The Morgan fingerprint density at radius 2 is 2.07 bits per heavy atom. The van der Waals surface area contributed by atoms with Crippen molar-refractivity contribution in [2.75, 3.05) is 26.4 Å². The van der Waals surface area contributed by atoms with Crippen LogP contribution in [0.5, 0.6) is 0 Å². The largest absolute Gasteiger partial charge is 0.381 e. The van der Waals surface area contributed by atoms with E-state index in [1.807, 2.05) is 13.8 Å². The van der Waals surface area contributed by atoms with E-state index in [-0.39, 0.29) is 18.5 Å². The van der Waals surface area contributed by atoms with E-state index < -0.39 is 5.41 Å². The van der Waals surface area contributed by atoms with Crippen molar-refractivity contribution < 1.29 is 14.3 Å². The van der Waals surface area contributed by atoms with Gasteiger partial charge in [0.1, 0.15) is 6.61 Å². The summed E-state index contributed by atoms with van der Waals surface area (Å²) >= 11 is 0. The summed E-state index contributed by atoms with van der Waals surface area (Å²) in [5.74, 6) is 0.127. The molecule has 0 amide bonds. The van der Waals surface area contributed by atoms with Gasteiger partial charge in [-0.2, -0.15) is 0 Å². The number of Topliss-reactive ketones (excluding diaryl/α,β-unsaturated/α-hetero) is 1. The lowest BCUT2D eigenvalue weighted by Crippen LogP contribution is -2.45. The molecule has 0 aromatic rings. The Labute approximate surface area is 91.1 Å². The third kappa shape index (κ3) is 3.26. The zero-order valence-corrected chi connectivity index (χ0v) is 9.62. The first-order valence-electron chi connectivity index (χ1n) is 5.53. The van der Waals surface area contributed by atoms with Crippen LogP contribution in [0, 0.1) is 5.41 Å². The molecule has 0 aromatic heterocycles. The monoisotopic (exact) mass is 215 g/mol. The minimum Gasteiger partial charge on any atom is -0.381 e. The maximum atomic E-state index is 12.0. The molecule has 4 nitrogen and oxygen atoms in total. The van der Waals surface area contributed by atoms with Crippen molar-refractivity contribution in [1.29, 1.82) is 0 Å². The summed E-state index contributed by atoms with van der Waals surface area (Å²) < 4.78 is 10.6. The molecule has 1 saturated heterocycles. The van der Waals surface area contributed by atoms with E-state index >= 15 is 0 Å². The molecule has 15 heavy (non-hydrogen) atoms. The number of rotatable bonds is 5. The van der Waals surface area contributed by atoms with Gasteiger partial charge in [0.15, 0.2) is 5.78 Å². The highest BCUT2D eigenvalue weighted by Gasteiger charge is 2.38. The zero-order chi connectivity index (χ0) is 11.3. The summed E-state index contributed by atoms with van der Waals surface area (Å²) in [4.78, 5) is 12.0. The smallest absolute Gasteiger partial charge is 0.166 e. The second-order valence-corrected chi connectivity index (χ2v) is 4.38. The van der Waals surface area contributed by atoms with Crippen LogP contribution in [-0.2, 0) is 14.3 Å². The summed E-state index contributed by atoms with van der Waals surface area (Å²) in [7, 11) is 0. The van der Waals surface area contributed by atoms with Gasteiger partial charge in [-0.25, -0.2) is 0 Å². The third-order valence-corrected chi connectivity index (χ3v) is 2.98. The molecule has 4 heteroatoms. The molecule has 0 saturated carbocycles. The number of ether oxygens (including phenoxy) is 2. The number of carbonyl (C=O) groups excluding carboxylic acids is 1.